The molecule has 0 saturated heterocycles. The summed E-state index contributed by atoms with van der Waals surface area (Å²) in [6.45, 7) is 0. The Labute approximate surface area is 92.0 Å². The molecule has 2 heterocycles. The van der Waals surface area contributed by atoms with Gasteiger partial charge in [0.15, 0.2) is 0 Å². The number of aromatic amines is 1. The molecule has 4 nitrogen and oxygen atoms in total. The van der Waals surface area contributed by atoms with Gasteiger partial charge in [-0.05, 0) is 11.6 Å². The number of benzene rings is 1. The number of para-hydroxylation sites is 1. The first-order valence-corrected chi connectivity index (χ1v) is 5.09. The third kappa shape index (κ3) is 1.44. The summed E-state index contributed by atoms with van der Waals surface area (Å²) in [5.74, 6) is 0.356. The average Bonchev–Trinajstić information content (AvgIpc) is 2.87. The van der Waals surface area contributed by atoms with Crippen molar-refractivity contribution >= 4 is 16.8 Å². The van der Waals surface area contributed by atoms with Crippen LogP contribution in [0.4, 0.5) is 5.88 Å². The number of rotatable bonds is 2. The molecule has 1 aromatic carbocycles. The van der Waals surface area contributed by atoms with Gasteiger partial charge in [0.2, 0.25) is 5.88 Å². The summed E-state index contributed by atoms with van der Waals surface area (Å²) in [6.07, 6.45) is 2.72. The van der Waals surface area contributed by atoms with Crippen LogP contribution < -0.4 is 5.73 Å². The fourth-order valence-electron chi connectivity index (χ4n) is 1.88. The molecule has 80 valence electrons. The second-order valence-corrected chi connectivity index (χ2v) is 3.76. The maximum atomic E-state index is 5.48. The number of nitrogens with two attached hydrogens (primary N) is 1. The van der Waals surface area contributed by atoms with Gasteiger partial charge in [-0.25, -0.2) is 0 Å². The van der Waals surface area contributed by atoms with Crippen molar-refractivity contribution in [1.82, 2.24) is 10.1 Å². The first-order chi connectivity index (χ1) is 7.83. The average molecular weight is 213 g/mol. The summed E-state index contributed by atoms with van der Waals surface area (Å²) < 4.78 is 4.84. The fraction of sp³-hybridized carbons (Fsp3) is 0.0833. The van der Waals surface area contributed by atoms with Gasteiger partial charge in [-0.15, -0.1) is 0 Å². The minimum atomic E-state index is 0.356. The first-order valence-electron chi connectivity index (χ1n) is 5.09. The zero-order chi connectivity index (χ0) is 11.0. The molecule has 0 unspecified atom stereocenters. The van der Waals surface area contributed by atoms with Gasteiger partial charge in [-0.3, -0.25) is 0 Å². The predicted octanol–water partition coefficient (Wildman–Crippen LogP) is 2.33. The highest BCUT2D eigenvalue weighted by Gasteiger charge is 2.06. The molecular formula is C12H11N3O. The summed E-state index contributed by atoms with van der Waals surface area (Å²) in [5, 5.41) is 5.10. The molecule has 0 bridgehead atoms. The van der Waals surface area contributed by atoms with Crippen molar-refractivity contribution in [2.45, 2.75) is 6.42 Å². The number of fused-ring (bicyclic) bond motifs is 1. The van der Waals surface area contributed by atoms with Crippen LogP contribution in [0, 0.1) is 0 Å². The van der Waals surface area contributed by atoms with Gasteiger partial charge in [0.25, 0.3) is 0 Å². The smallest absolute Gasteiger partial charge is 0.222 e. The van der Waals surface area contributed by atoms with Gasteiger partial charge in [0.1, 0.15) is 0 Å². The third-order valence-corrected chi connectivity index (χ3v) is 2.62. The Bertz CT molecular complexity index is 624. The normalized spacial score (nSPS) is 11.0. The van der Waals surface area contributed by atoms with Crippen molar-refractivity contribution in [2.24, 2.45) is 0 Å². The van der Waals surface area contributed by atoms with Gasteiger partial charge < -0.3 is 15.2 Å². The minimum Gasteiger partial charge on any atom is -0.368 e. The Morgan fingerprint density at radius 1 is 1.31 bits per heavy atom. The van der Waals surface area contributed by atoms with Crippen LogP contribution in [0.1, 0.15) is 11.3 Å². The molecular weight excluding hydrogens is 202 g/mol. The molecule has 2 aromatic heterocycles. The van der Waals surface area contributed by atoms with E-state index in [0.717, 1.165) is 17.6 Å². The van der Waals surface area contributed by atoms with Crippen LogP contribution in [0.3, 0.4) is 0 Å². The van der Waals surface area contributed by atoms with Gasteiger partial charge in [0, 0.05) is 29.6 Å². The molecule has 0 radical (unpaired) electrons. The lowest BCUT2D eigenvalue weighted by Crippen LogP contribution is -1.85. The maximum absolute atomic E-state index is 5.48. The summed E-state index contributed by atoms with van der Waals surface area (Å²) in [6, 6.07) is 9.93. The van der Waals surface area contributed by atoms with E-state index in [2.05, 4.69) is 22.3 Å². The molecule has 0 atom stereocenters. The molecule has 0 aliphatic heterocycles. The van der Waals surface area contributed by atoms with Crippen molar-refractivity contribution in [3.05, 3.63) is 47.8 Å². The van der Waals surface area contributed by atoms with Crippen LogP contribution >= 0.6 is 0 Å². The molecule has 3 rings (SSSR count). The number of anilines is 1. The molecule has 0 amide bonds. The molecule has 0 aliphatic carbocycles. The van der Waals surface area contributed by atoms with E-state index in [1.54, 1.807) is 6.07 Å². The van der Waals surface area contributed by atoms with E-state index in [-0.39, 0.29) is 0 Å². The Balaban J connectivity index is 2.00. The highest BCUT2D eigenvalue weighted by molar-refractivity contribution is 5.83. The molecule has 0 fully saturated rings. The molecule has 16 heavy (non-hydrogen) atoms. The number of nitrogen functional groups attached to an aromatic ring is 1. The van der Waals surface area contributed by atoms with E-state index < -0.39 is 0 Å². The molecule has 0 saturated carbocycles. The maximum Gasteiger partial charge on any atom is 0.222 e. The van der Waals surface area contributed by atoms with Crippen LogP contribution in [-0.2, 0) is 6.42 Å². The lowest BCUT2D eigenvalue weighted by molar-refractivity contribution is 0.429. The second kappa shape index (κ2) is 3.41. The standard InChI is InChI=1S/C12H11N3O/c13-12-6-9(15-16-12)5-8-7-14-11-4-2-1-3-10(8)11/h1-4,6-7,14H,5,13H2. The predicted molar refractivity (Wildman–Crippen MR) is 62.0 cm³/mol. The number of nitrogens with zero attached hydrogens (tertiary/aromatic N) is 1. The van der Waals surface area contributed by atoms with Gasteiger partial charge in [0.05, 0.1) is 5.69 Å². The highest BCUT2D eigenvalue weighted by Crippen LogP contribution is 2.20. The zero-order valence-corrected chi connectivity index (χ0v) is 8.60. The van der Waals surface area contributed by atoms with E-state index in [1.165, 1.54) is 10.9 Å². The fourth-order valence-corrected chi connectivity index (χ4v) is 1.88. The van der Waals surface area contributed by atoms with Crippen molar-refractivity contribution in [3.8, 4) is 0 Å². The Hall–Kier alpha value is -2.23. The number of hydrogen-bond acceptors (Lipinski definition) is 3. The lowest BCUT2D eigenvalue weighted by atomic mass is 10.1. The van der Waals surface area contributed by atoms with E-state index in [9.17, 15) is 0 Å². The van der Waals surface area contributed by atoms with Crippen LogP contribution in [0.25, 0.3) is 10.9 Å². The Kier molecular flexibility index (Phi) is 1.93. The first kappa shape index (κ1) is 9.03. The molecule has 3 aromatic rings. The largest absolute Gasteiger partial charge is 0.368 e. The highest BCUT2D eigenvalue weighted by atomic mass is 16.5. The molecule has 0 aliphatic rings. The summed E-state index contributed by atoms with van der Waals surface area (Å²) >= 11 is 0. The topological polar surface area (TPSA) is 67.8 Å². The van der Waals surface area contributed by atoms with Crippen LogP contribution in [0.5, 0.6) is 0 Å². The SMILES string of the molecule is Nc1cc(Cc2c[nH]c3ccccc23)no1. The van der Waals surface area contributed by atoms with E-state index in [0.29, 0.717) is 5.88 Å². The number of nitrogens with one attached hydrogen (secondary N) is 1. The van der Waals surface area contributed by atoms with Crippen molar-refractivity contribution < 1.29 is 4.52 Å². The van der Waals surface area contributed by atoms with Crippen molar-refractivity contribution in [1.29, 1.82) is 0 Å². The van der Waals surface area contributed by atoms with Crippen LogP contribution in [0.15, 0.2) is 41.1 Å². The number of aromatic nitrogens is 2. The van der Waals surface area contributed by atoms with E-state index in [1.807, 2.05) is 18.3 Å². The monoisotopic (exact) mass is 213 g/mol. The van der Waals surface area contributed by atoms with Gasteiger partial charge in [-0.1, -0.05) is 23.4 Å². The summed E-state index contributed by atoms with van der Waals surface area (Å²) in [7, 11) is 0. The minimum absolute atomic E-state index is 0.356. The zero-order valence-electron chi connectivity index (χ0n) is 8.60. The quantitative estimate of drug-likeness (QED) is 0.686. The second-order valence-electron chi connectivity index (χ2n) is 3.76. The van der Waals surface area contributed by atoms with Crippen molar-refractivity contribution in [2.75, 3.05) is 5.73 Å². The Morgan fingerprint density at radius 2 is 2.19 bits per heavy atom. The van der Waals surface area contributed by atoms with Gasteiger partial charge >= 0.3 is 0 Å². The van der Waals surface area contributed by atoms with Crippen LogP contribution in [0.2, 0.25) is 0 Å². The van der Waals surface area contributed by atoms with Gasteiger partial charge in [-0.2, -0.15) is 0 Å². The van der Waals surface area contributed by atoms with E-state index >= 15 is 0 Å². The number of H-pyrrole nitrogens is 1. The Morgan fingerprint density at radius 3 is 3.00 bits per heavy atom. The van der Waals surface area contributed by atoms with E-state index in [4.69, 9.17) is 10.3 Å². The molecule has 3 N–H and O–H groups in total. The molecule has 0 spiro atoms. The summed E-state index contributed by atoms with van der Waals surface area (Å²) in [5.41, 5.74) is 8.66. The van der Waals surface area contributed by atoms with Crippen molar-refractivity contribution in [3.63, 3.8) is 0 Å². The number of hydrogen-bond donors (Lipinski definition) is 2. The van der Waals surface area contributed by atoms with Crippen LogP contribution in [-0.4, -0.2) is 10.1 Å². The molecule has 4 heteroatoms. The summed E-state index contributed by atoms with van der Waals surface area (Å²) in [4.78, 5) is 3.23. The third-order valence-electron chi connectivity index (χ3n) is 2.62. The lowest BCUT2D eigenvalue weighted by Gasteiger charge is -1.94.